The molecule has 1 aliphatic rings. The number of aliphatic hydroxyl groups is 1. The Balaban J connectivity index is 2.19. The van der Waals surface area contributed by atoms with Crippen LogP contribution in [0.15, 0.2) is 12.3 Å². The highest BCUT2D eigenvalue weighted by molar-refractivity contribution is 5.11. The molecule has 0 spiro atoms. The first-order valence-electron chi connectivity index (χ1n) is 4.29. The van der Waals surface area contributed by atoms with Gasteiger partial charge < -0.3 is 5.11 Å². The van der Waals surface area contributed by atoms with E-state index >= 15 is 0 Å². The highest BCUT2D eigenvalue weighted by atomic mass is 16.3. The average molecular weight is 166 g/mol. The monoisotopic (exact) mass is 166 g/mol. The third kappa shape index (κ3) is 1.14. The van der Waals surface area contributed by atoms with Crippen LogP contribution >= 0.6 is 0 Å². The third-order valence-corrected chi connectivity index (χ3v) is 2.71. The van der Waals surface area contributed by atoms with Crippen LogP contribution in [0.5, 0.6) is 0 Å². The van der Waals surface area contributed by atoms with E-state index < -0.39 is 0 Å². The number of aliphatic hydroxyl groups excluding tert-OH is 1. The van der Waals surface area contributed by atoms with Gasteiger partial charge in [-0.25, -0.2) is 0 Å². The molecule has 1 saturated carbocycles. The van der Waals surface area contributed by atoms with Crippen molar-refractivity contribution in [2.75, 3.05) is 0 Å². The first-order chi connectivity index (χ1) is 5.62. The molecule has 0 bridgehead atoms. The van der Waals surface area contributed by atoms with E-state index in [1.54, 1.807) is 4.68 Å². The molecule has 3 nitrogen and oxygen atoms in total. The van der Waals surface area contributed by atoms with Crippen LogP contribution in [0.2, 0.25) is 0 Å². The summed E-state index contributed by atoms with van der Waals surface area (Å²) in [4.78, 5) is 0. The van der Waals surface area contributed by atoms with E-state index in [0.717, 1.165) is 18.5 Å². The van der Waals surface area contributed by atoms with Gasteiger partial charge in [0.1, 0.15) is 6.10 Å². The van der Waals surface area contributed by atoms with Gasteiger partial charge in [-0.05, 0) is 24.3 Å². The maximum absolute atomic E-state index is 9.86. The van der Waals surface area contributed by atoms with Crippen LogP contribution in [0.25, 0.3) is 0 Å². The molecule has 1 aromatic heterocycles. The lowest BCUT2D eigenvalue weighted by Gasteiger charge is -2.14. The van der Waals surface area contributed by atoms with Crippen molar-refractivity contribution < 1.29 is 5.11 Å². The van der Waals surface area contributed by atoms with E-state index in [1.807, 2.05) is 19.3 Å². The molecule has 0 amide bonds. The van der Waals surface area contributed by atoms with Gasteiger partial charge in [0.05, 0.1) is 5.69 Å². The lowest BCUT2D eigenvalue weighted by atomic mass is 9.99. The fourth-order valence-electron chi connectivity index (χ4n) is 1.41. The van der Waals surface area contributed by atoms with Crippen LogP contribution in [0.4, 0.5) is 0 Å². The summed E-state index contributed by atoms with van der Waals surface area (Å²) < 4.78 is 1.73. The summed E-state index contributed by atoms with van der Waals surface area (Å²) in [7, 11) is 1.87. The zero-order chi connectivity index (χ0) is 8.77. The van der Waals surface area contributed by atoms with Gasteiger partial charge in [0, 0.05) is 13.2 Å². The molecule has 0 saturated heterocycles. The molecule has 0 aromatic carbocycles. The fourth-order valence-corrected chi connectivity index (χ4v) is 1.41. The van der Waals surface area contributed by atoms with Gasteiger partial charge in [-0.1, -0.05) is 6.92 Å². The molecular weight excluding hydrogens is 152 g/mol. The number of aryl methyl sites for hydroxylation is 1. The van der Waals surface area contributed by atoms with Crippen molar-refractivity contribution >= 4 is 0 Å². The molecule has 1 atom stereocenters. The maximum Gasteiger partial charge on any atom is 0.103 e. The van der Waals surface area contributed by atoms with Crippen LogP contribution in [0, 0.1) is 5.41 Å². The summed E-state index contributed by atoms with van der Waals surface area (Å²) in [6, 6.07) is 1.88. The largest absolute Gasteiger partial charge is 0.386 e. The molecule has 0 aliphatic heterocycles. The summed E-state index contributed by atoms with van der Waals surface area (Å²) >= 11 is 0. The smallest absolute Gasteiger partial charge is 0.103 e. The molecule has 66 valence electrons. The van der Waals surface area contributed by atoms with Crippen LogP contribution in [-0.4, -0.2) is 14.9 Å². The Bertz CT molecular complexity index is 288. The van der Waals surface area contributed by atoms with E-state index in [2.05, 4.69) is 12.0 Å². The normalized spacial score (nSPS) is 22.2. The van der Waals surface area contributed by atoms with Crippen molar-refractivity contribution in [2.45, 2.75) is 25.9 Å². The first kappa shape index (κ1) is 7.80. The van der Waals surface area contributed by atoms with Gasteiger partial charge in [-0.3, -0.25) is 4.68 Å². The quantitative estimate of drug-likeness (QED) is 0.718. The van der Waals surface area contributed by atoms with Gasteiger partial charge in [0.2, 0.25) is 0 Å². The molecule has 1 aliphatic carbocycles. The lowest BCUT2D eigenvalue weighted by Crippen LogP contribution is -2.10. The van der Waals surface area contributed by atoms with Gasteiger partial charge in [-0.15, -0.1) is 0 Å². The van der Waals surface area contributed by atoms with Crippen molar-refractivity contribution in [3.05, 3.63) is 18.0 Å². The zero-order valence-corrected chi connectivity index (χ0v) is 7.49. The third-order valence-electron chi connectivity index (χ3n) is 2.71. The second kappa shape index (κ2) is 2.33. The fraction of sp³-hybridized carbons (Fsp3) is 0.667. The lowest BCUT2D eigenvalue weighted by molar-refractivity contribution is 0.0987. The summed E-state index contributed by atoms with van der Waals surface area (Å²) in [6.07, 6.45) is 3.72. The van der Waals surface area contributed by atoms with Gasteiger partial charge in [0.15, 0.2) is 0 Å². The van der Waals surface area contributed by atoms with Crippen LogP contribution in [0.3, 0.4) is 0 Å². The van der Waals surface area contributed by atoms with Gasteiger partial charge in [0.25, 0.3) is 0 Å². The zero-order valence-electron chi connectivity index (χ0n) is 7.49. The van der Waals surface area contributed by atoms with Gasteiger partial charge in [-0.2, -0.15) is 5.10 Å². The van der Waals surface area contributed by atoms with E-state index in [9.17, 15) is 5.11 Å². The van der Waals surface area contributed by atoms with E-state index in [0.29, 0.717) is 0 Å². The molecule has 1 fully saturated rings. The van der Waals surface area contributed by atoms with Crippen LogP contribution < -0.4 is 0 Å². The average Bonchev–Trinajstić information content (AvgIpc) is 2.62. The van der Waals surface area contributed by atoms with E-state index in [4.69, 9.17) is 0 Å². The highest BCUT2D eigenvalue weighted by Crippen LogP contribution is 2.53. The van der Waals surface area contributed by atoms with Crippen molar-refractivity contribution in [3.8, 4) is 0 Å². The Hall–Kier alpha value is -0.830. The minimum Gasteiger partial charge on any atom is -0.386 e. The van der Waals surface area contributed by atoms with E-state index in [-0.39, 0.29) is 11.5 Å². The predicted molar refractivity (Wildman–Crippen MR) is 45.5 cm³/mol. The van der Waals surface area contributed by atoms with Crippen molar-refractivity contribution in [2.24, 2.45) is 12.5 Å². The summed E-state index contributed by atoms with van der Waals surface area (Å²) in [6.45, 7) is 2.10. The molecule has 3 heteroatoms. The summed E-state index contributed by atoms with van der Waals surface area (Å²) in [5.41, 5.74) is 0.909. The molecular formula is C9H14N2O. The Morgan fingerprint density at radius 2 is 2.33 bits per heavy atom. The Labute approximate surface area is 72.0 Å². The van der Waals surface area contributed by atoms with Crippen molar-refractivity contribution in [1.29, 1.82) is 0 Å². The predicted octanol–water partition coefficient (Wildman–Crippen LogP) is 1.25. The molecule has 2 rings (SSSR count). The summed E-state index contributed by atoms with van der Waals surface area (Å²) in [5.74, 6) is 0. The molecule has 1 N–H and O–H groups in total. The first-order valence-corrected chi connectivity index (χ1v) is 4.29. The number of aromatic nitrogens is 2. The number of hydrogen-bond acceptors (Lipinski definition) is 2. The SMILES string of the molecule is Cn1ccc(C(O)C2(C)CC2)n1. The Kier molecular flexibility index (Phi) is 1.51. The number of rotatable bonds is 2. The van der Waals surface area contributed by atoms with Crippen LogP contribution in [-0.2, 0) is 7.05 Å². The Morgan fingerprint density at radius 3 is 2.75 bits per heavy atom. The molecule has 1 unspecified atom stereocenters. The summed E-state index contributed by atoms with van der Waals surface area (Å²) in [5, 5.41) is 14.0. The minimum atomic E-state index is -0.376. The topological polar surface area (TPSA) is 38.0 Å². The molecule has 12 heavy (non-hydrogen) atoms. The second-order valence-electron chi connectivity index (χ2n) is 3.97. The molecule has 1 aromatic rings. The molecule has 1 heterocycles. The highest BCUT2D eigenvalue weighted by Gasteiger charge is 2.45. The number of nitrogens with zero attached hydrogens (tertiary/aromatic N) is 2. The van der Waals surface area contributed by atoms with Crippen molar-refractivity contribution in [1.82, 2.24) is 9.78 Å². The second-order valence-corrected chi connectivity index (χ2v) is 3.97. The van der Waals surface area contributed by atoms with Crippen LogP contribution in [0.1, 0.15) is 31.6 Å². The maximum atomic E-state index is 9.86. The van der Waals surface area contributed by atoms with Crippen molar-refractivity contribution in [3.63, 3.8) is 0 Å². The number of hydrogen-bond donors (Lipinski definition) is 1. The van der Waals surface area contributed by atoms with Gasteiger partial charge >= 0.3 is 0 Å². The molecule has 0 radical (unpaired) electrons. The minimum absolute atomic E-state index is 0.106. The van der Waals surface area contributed by atoms with E-state index in [1.165, 1.54) is 0 Å². The Morgan fingerprint density at radius 1 is 1.67 bits per heavy atom. The standard InChI is InChI=1S/C9H14N2O/c1-9(4-5-9)8(12)7-3-6-11(2)10-7/h3,6,8,12H,4-5H2,1-2H3.